The molecule has 2 N–H and O–H groups in total. The Kier molecular flexibility index (Phi) is 5.03. The SMILES string of the molecule is COCCNc1ncnc2c1ccc(=N)n2CCOC. The molecule has 0 atom stereocenters. The number of fused-ring (bicyclic) bond motifs is 1. The van der Waals surface area contributed by atoms with Crippen LogP contribution in [0, 0.1) is 5.41 Å². The fourth-order valence-corrected chi connectivity index (χ4v) is 1.94. The minimum absolute atomic E-state index is 0.399. The molecule has 2 rings (SSSR count). The van der Waals surface area contributed by atoms with E-state index in [9.17, 15) is 0 Å². The maximum atomic E-state index is 7.98. The molecule has 0 aliphatic heterocycles. The Morgan fingerprint density at radius 1 is 1.20 bits per heavy atom. The highest BCUT2D eigenvalue weighted by atomic mass is 16.5. The quantitative estimate of drug-likeness (QED) is 0.725. The molecule has 0 radical (unpaired) electrons. The van der Waals surface area contributed by atoms with Crippen LogP contribution in [0.1, 0.15) is 0 Å². The van der Waals surface area contributed by atoms with E-state index in [4.69, 9.17) is 14.9 Å². The normalized spacial score (nSPS) is 10.9. The Morgan fingerprint density at radius 3 is 2.75 bits per heavy atom. The second-order valence-corrected chi connectivity index (χ2v) is 4.24. The molecule has 2 aromatic heterocycles. The number of hydrogen-bond acceptors (Lipinski definition) is 6. The topological polar surface area (TPSA) is 85.0 Å². The van der Waals surface area contributed by atoms with E-state index in [1.165, 1.54) is 6.33 Å². The maximum absolute atomic E-state index is 7.98. The van der Waals surface area contributed by atoms with Crippen molar-refractivity contribution in [3.8, 4) is 0 Å². The van der Waals surface area contributed by atoms with E-state index in [0.717, 1.165) is 16.9 Å². The summed E-state index contributed by atoms with van der Waals surface area (Å²) in [5, 5.41) is 12.1. The highest BCUT2D eigenvalue weighted by molar-refractivity contribution is 5.86. The van der Waals surface area contributed by atoms with Crippen LogP contribution < -0.4 is 10.8 Å². The average molecular weight is 277 g/mol. The van der Waals surface area contributed by atoms with Crippen LogP contribution >= 0.6 is 0 Å². The van der Waals surface area contributed by atoms with Crippen LogP contribution in [-0.2, 0) is 16.0 Å². The molecule has 0 aromatic carbocycles. The summed E-state index contributed by atoms with van der Waals surface area (Å²) in [6.45, 7) is 2.39. The lowest BCUT2D eigenvalue weighted by molar-refractivity contribution is 0.187. The van der Waals surface area contributed by atoms with E-state index in [2.05, 4.69) is 15.3 Å². The zero-order valence-corrected chi connectivity index (χ0v) is 11.7. The molecule has 0 unspecified atom stereocenters. The predicted molar refractivity (Wildman–Crippen MR) is 75.6 cm³/mol. The van der Waals surface area contributed by atoms with Gasteiger partial charge in [0.1, 0.15) is 23.3 Å². The van der Waals surface area contributed by atoms with E-state index >= 15 is 0 Å². The molecule has 0 spiro atoms. The first-order valence-electron chi connectivity index (χ1n) is 6.39. The minimum Gasteiger partial charge on any atom is -0.383 e. The third-order valence-corrected chi connectivity index (χ3v) is 2.93. The van der Waals surface area contributed by atoms with Crippen LogP contribution in [0.25, 0.3) is 11.0 Å². The third kappa shape index (κ3) is 3.12. The highest BCUT2D eigenvalue weighted by Gasteiger charge is 2.07. The molecule has 0 saturated carbocycles. The summed E-state index contributed by atoms with van der Waals surface area (Å²) in [4.78, 5) is 8.54. The van der Waals surface area contributed by atoms with Crippen molar-refractivity contribution in [3.63, 3.8) is 0 Å². The summed E-state index contributed by atoms with van der Waals surface area (Å²) in [6, 6.07) is 3.60. The highest BCUT2D eigenvalue weighted by Crippen LogP contribution is 2.16. The lowest BCUT2D eigenvalue weighted by Gasteiger charge is -2.12. The van der Waals surface area contributed by atoms with Crippen LogP contribution in [0.15, 0.2) is 18.5 Å². The smallest absolute Gasteiger partial charge is 0.147 e. The van der Waals surface area contributed by atoms with Crippen LogP contribution in [-0.4, -0.2) is 48.5 Å². The lowest BCUT2D eigenvalue weighted by atomic mass is 10.3. The summed E-state index contributed by atoms with van der Waals surface area (Å²) in [5.74, 6) is 0.748. The third-order valence-electron chi connectivity index (χ3n) is 2.93. The average Bonchev–Trinajstić information content (AvgIpc) is 2.46. The van der Waals surface area contributed by atoms with Crippen LogP contribution in [0.2, 0.25) is 0 Å². The van der Waals surface area contributed by atoms with Gasteiger partial charge in [-0.15, -0.1) is 0 Å². The maximum Gasteiger partial charge on any atom is 0.147 e. The van der Waals surface area contributed by atoms with Gasteiger partial charge in [-0.2, -0.15) is 0 Å². The summed E-state index contributed by atoms with van der Waals surface area (Å²) >= 11 is 0. The summed E-state index contributed by atoms with van der Waals surface area (Å²) < 4.78 is 11.9. The molecule has 0 fully saturated rings. The van der Waals surface area contributed by atoms with Gasteiger partial charge in [0.25, 0.3) is 0 Å². The Labute approximate surface area is 117 Å². The fraction of sp³-hybridized carbons (Fsp3) is 0.462. The number of pyridine rings is 1. The Hall–Kier alpha value is -1.99. The number of nitrogens with one attached hydrogen (secondary N) is 2. The Bertz CT molecular complexity index is 626. The predicted octanol–water partition coefficient (Wildman–Crippen LogP) is 0.615. The van der Waals surface area contributed by atoms with Gasteiger partial charge in [0, 0.05) is 27.3 Å². The number of methoxy groups -OCH3 is 2. The minimum atomic E-state index is 0.399. The van der Waals surface area contributed by atoms with Crippen molar-refractivity contribution in [1.82, 2.24) is 14.5 Å². The van der Waals surface area contributed by atoms with Gasteiger partial charge in [0.2, 0.25) is 0 Å². The molecule has 7 heteroatoms. The summed E-state index contributed by atoms with van der Waals surface area (Å²) in [6.07, 6.45) is 1.50. The molecular formula is C13H19N5O2. The zero-order valence-electron chi connectivity index (χ0n) is 11.7. The first kappa shape index (κ1) is 14.4. The molecular weight excluding hydrogens is 258 g/mol. The molecule has 0 amide bonds. The van der Waals surface area contributed by atoms with Crippen LogP contribution in [0.4, 0.5) is 5.82 Å². The van der Waals surface area contributed by atoms with Crippen molar-refractivity contribution < 1.29 is 9.47 Å². The first-order valence-corrected chi connectivity index (χ1v) is 6.39. The van der Waals surface area contributed by atoms with E-state index in [1.807, 2.05) is 10.6 Å². The van der Waals surface area contributed by atoms with Crippen molar-refractivity contribution >= 4 is 16.9 Å². The molecule has 2 heterocycles. The van der Waals surface area contributed by atoms with E-state index in [0.29, 0.717) is 31.8 Å². The number of rotatable bonds is 7. The molecule has 0 saturated heterocycles. The number of ether oxygens (including phenoxy) is 2. The number of anilines is 1. The largest absolute Gasteiger partial charge is 0.383 e. The molecule has 0 aliphatic carbocycles. The van der Waals surface area contributed by atoms with Gasteiger partial charge in [-0.05, 0) is 12.1 Å². The van der Waals surface area contributed by atoms with Gasteiger partial charge in [-0.25, -0.2) is 9.97 Å². The van der Waals surface area contributed by atoms with Crippen molar-refractivity contribution in [3.05, 3.63) is 23.9 Å². The first-order chi connectivity index (χ1) is 9.77. The zero-order chi connectivity index (χ0) is 14.4. The molecule has 2 aromatic rings. The molecule has 0 aliphatic rings. The standard InChI is InChI=1S/C13H19N5O2/c1-19-7-5-15-12-10-3-4-11(14)18(6-8-20-2)13(10)17-9-16-12/h3-4,9,14H,5-8H2,1-2H3,(H,15,16,17). The summed E-state index contributed by atoms with van der Waals surface area (Å²) in [7, 11) is 3.30. The van der Waals surface area contributed by atoms with Gasteiger partial charge < -0.3 is 19.4 Å². The second kappa shape index (κ2) is 6.97. The van der Waals surface area contributed by atoms with Crippen molar-refractivity contribution in [1.29, 1.82) is 5.41 Å². The van der Waals surface area contributed by atoms with E-state index in [-0.39, 0.29) is 0 Å². The fourth-order valence-electron chi connectivity index (χ4n) is 1.94. The van der Waals surface area contributed by atoms with Gasteiger partial charge in [0.05, 0.1) is 18.6 Å². The Morgan fingerprint density at radius 2 is 2.00 bits per heavy atom. The van der Waals surface area contributed by atoms with Crippen LogP contribution in [0.3, 0.4) is 0 Å². The molecule has 108 valence electrons. The molecule has 7 nitrogen and oxygen atoms in total. The van der Waals surface area contributed by atoms with Gasteiger partial charge in [-0.1, -0.05) is 0 Å². The second-order valence-electron chi connectivity index (χ2n) is 4.24. The van der Waals surface area contributed by atoms with E-state index in [1.54, 1.807) is 20.3 Å². The van der Waals surface area contributed by atoms with Gasteiger partial charge in [-0.3, -0.25) is 5.41 Å². The summed E-state index contributed by atoms with van der Waals surface area (Å²) in [5.41, 5.74) is 1.13. The number of aromatic nitrogens is 3. The molecule has 20 heavy (non-hydrogen) atoms. The van der Waals surface area contributed by atoms with Crippen molar-refractivity contribution in [2.24, 2.45) is 0 Å². The number of hydrogen-bond donors (Lipinski definition) is 2. The molecule has 0 bridgehead atoms. The van der Waals surface area contributed by atoms with Crippen LogP contribution in [0.5, 0.6) is 0 Å². The lowest BCUT2D eigenvalue weighted by Crippen LogP contribution is -2.23. The van der Waals surface area contributed by atoms with E-state index < -0.39 is 0 Å². The van der Waals surface area contributed by atoms with Crippen molar-refractivity contribution in [2.75, 3.05) is 39.3 Å². The Balaban J connectivity index is 2.40. The van der Waals surface area contributed by atoms with Gasteiger partial charge >= 0.3 is 0 Å². The van der Waals surface area contributed by atoms with Crippen molar-refractivity contribution in [2.45, 2.75) is 6.54 Å². The van der Waals surface area contributed by atoms with Gasteiger partial charge in [0.15, 0.2) is 0 Å². The number of nitrogens with zero attached hydrogens (tertiary/aromatic N) is 3. The monoisotopic (exact) mass is 277 g/mol.